The minimum atomic E-state index is -1.52. The average Bonchev–Trinajstić information content (AvgIpc) is 3.27. The van der Waals surface area contributed by atoms with Crippen LogP contribution >= 0.6 is 0 Å². The minimum Gasteiger partial charge on any atom is -0.390 e. The molecule has 1 heterocycles. The fourth-order valence-electron chi connectivity index (χ4n) is 3.04. The van der Waals surface area contributed by atoms with Crippen LogP contribution in [0.1, 0.15) is 20.7 Å². The molecule has 1 aliphatic rings. The molecule has 1 fully saturated rings. The summed E-state index contributed by atoms with van der Waals surface area (Å²) in [6.45, 7) is 0.368. The number of aliphatic imine (C=N–C) groups is 1. The van der Waals surface area contributed by atoms with Crippen molar-refractivity contribution in [1.82, 2.24) is 16.0 Å². The van der Waals surface area contributed by atoms with Crippen LogP contribution in [0.25, 0.3) is 0 Å². The van der Waals surface area contributed by atoms with E-state index in [1.165, 1.54) is 0 Å². The molecule has 0 bridgehead atoms. The molecule has 1 saturated heterocycles. The lowest BCUT2D eigenvalue weighted by atomic mass is 10.2. The number of nitro groups is 2. The SMILES string of the molecule is O=C(N=C(NC(=O)OC(=O)c1ccc([N+](=O)[O-])cc1)N[C@@H]1CNC[C@H]1O)OC(=O)c1ccc([N+](=O)[O-])cc1. The predicted molar refractivity (Wildman–Crippen MR) is 124 cm³/mol. The van der Waals surface area contributed by atoms with Gasteiger partial charge in [-0.15, -0.1) is 4.99 Å². The molecular weight excluding hydrogens is 512 g/mol. The first-order valence-corrected chi connectivity index (χ1v) is 10.6. The van der Waals surface area contributed by atoms with Crippen LogP contribution in [-0.4, -0.2) is 70.3 Å². The number of carbonyl (C=O) groups is 4. The Morgan fingerprint density at radius 3 is 1.82 bits per heavy atom. The Bertz CT molecular complexity index is 1290. The van der Waals surface area contributed by atoms with E-state index in [0.29, 0.717) is 0 Å². The zero-order chi connectivity index (χ0) is 27.8. The molecule has 1 aliphatic heterocycles. The van der Waals surface area contributed by atoms with E-state index in [4.69, 9.17) is 0 Å². The van der Waals surface area contributed by atoms with Crippen molar-refractivity contribution in [2.45, 2.75) is 12.1 Å². The highest BCUT2D eigenvalue weighted by Crippen LogP contribution is 2.14. The van der Waals surface area contributed by atoms with Crippen LogP contribution in [0.5, 0.6) is 0 Å². The van der Waals surface area contributed by atoms with Crippen molar-refractivity contribution < 1.29 is 43.6 Å². The molecule has 2 aromatic carbocycles. The number of guanidine groups is 1. The second-order valence-corrected chi connectivity index (χ2v) is 7.50. The van der Waals surface area contributed by atoms with E-state index in [1.807, 2.05) is 5.32 Å². The van der Waals surface area contributed by atoms with Crippen molar-refractivity contribution in [3.63, 3.8) is 0 Å². The molecule has 17 nitrogen and oxygen atoms in total. The van der Waals surface area contributed by atoms with Crippen molar-refractivity contribution in [3.05, 3.63) is 79.9 Å². The van der Waals surface area contributed by atoms with Gasteiger partial charge in [0.2, 0.25) is 5.96 Å². The molecule has 2 atom stereocenters. The predicted octanol–water partition coefficient (Wildman–Crippen LogP) is 0.625. The lowest BCUT2D eigenvalue weighted by molar-refractivity contribution is -0.385. The highest BCUT2D eigenvalue weighted by Gasteiger charge is 2.27. The van der Waals surface area contributed by atoms with Gasteiger partial charge in [-0.3, -0.25) is 25.5 Å². The lowest BCUT2D eigenvalue weighted by Gasteiger charge is -2.18. The van der Waals surface area contributed by atoms with Crippen molar-refractivity contribution in [2.24, 2.45) is 4.99 Å². The smallest absolute Gasteiger partial charge is 0.390 e. The molecular formula is C21H18N6O11. The van der Waals surface area contributed by atoms with Crippen LogP contribution in [-0.2, 0) is 9.47 Å². The number of ether oxygens (including phenoxy) is 2. The highest BCUT2D eigenvalue weighted by molar-refractivity contribution is 6.05. The summed E-state index contributed by atoms with van der Waals surface area (Å²) < 4.78 is 9.14. The molecule has 38 heavy (non-hydrogen) atoms. The molecule has 198 valence electrons. The maximum Gasteiger partial charge on any atom is 0.444 e. The Kier molecular flexibility index (Phi) is 8.69. The first-order valence-electron chi connectivity index (χ1n) is 10.6. The number of alkyl carbamates (subject to hydrolysis) is 1. The Hall–Kier alpha value is -5.29. The molecule has 0 aromatic heterocycles. The van der Waals surface area contributed by atoms with Gasteiger partial charge in [0, 0.05) is 37.4 Å². The highest BCUT2D eigenvalue weighted by atomic mass is 16.6. The molecule has 0 saturated carbocycles. The van der Waals surface area contributed by atoms with Crippen LogP contribution in [0.3, 0.4) is 0 Å². The molecule has 0 radical (unpaired) electrons. The summed E-state index contributed by atoms with van der Waals surface area (Å²) in [5, 5.41) is 38.8. The van der Waals surface area contributed by atoms with E-state index >= 15 is 0 Å². The lowest BCUT2D eigenvalue weighted by Crippen LogP contribution is -2.50. The number of esters is 2. The number of rotatable bonds is 5. The van der Waals surface area contributed by atoms with Crippen LogP contribution in [0, 0.1) is 20.2 Å². The van der Waals surface area contributed by atoms with Crippen molar-refractivity contribution in [3.8, 4) is 0 Å². The van der Waals surface area contributed by atoms with Gasteiger partial charge in [0.05, 0.1) is 33.1 Å². The average molecular weight is 530 g/mol. The molecule has 2 amide bonds. The van der Waals surface area contributed by atoms with Gasteiger partial charge in [-0.25, -0.2) is 19.2 Å². The van der Waals surface area contributed by atoms with Crippen molar-refractivity contribution in [2.75, 3.05) is 13.1 Å². The topological polar surface area (TPSA) is 242 Å². The number of hydrogen-bond donors (Lipinski definition) is 4. The summed E-state index contributed by atoms with van der Waals surface area (Å²) >= 11 is 0. The summed E-state index contributed by atoms with van der Waals surface area (Å²) in [5.41, 5.74) is -0.993. The number of aliphatic hydroxyl groups is 1. The molecule has 0 spiro atoms. The van der Waals surface area contributed by atoms with Crippen LogP contribution in [0.4, 0.5) is 21.0 Å². The number of carbonyl (C=O) groups excluding carboxylic acids is 4. The minimum absolute atomic E-state index is 0.178. The third-order valence-electron chi connectivity index (χ3n) is 4.92. The summed E-state index contributed by atoms with van der Waals surface area (Å²) in [5.74, 6) is -3.03. The summed E-state index contributed by atoms with van der Waals surface area (Å²) in [4.78, 5) is 72.2. The van der Waals surface area contributed by atoms with Gasteiger partial charge < -0.3 is 25.2 Å². The fourth-order valence-corrected chi connectivity index (χ4v) is 3.04. The van der Waals surface area contributed by atoms with E-state index < -0.39 is 52.1 Å². The Morgan fingerprint density at radius 2 is 1.37 bits per heavy atom. The molecule has 0 aliphatic carbocycles. The van der Waals surface area contributed by atoms with Crippen LogP contribution in [0.15, 0.2) is 53.5 Å². The number of aliphatic hydroxyl groups excluding tert-OH is 1. The van der Waals surface area contributed by atoms with E-state index in [1.54, 1.807) is 0 Å². The normalized spacial score (nSPS) is 16.7. The fraction of sp³-hybridized carbons (Fsp3) is 0.190. The Labute approximate surface area is 211 Å². The van der Waals surface area contributed by atoms with Crippen LogP contribution in [0.2, 0.25) is 0 Å². The monoisotopic (exact) mass is 530 g/mol. The largest absolute Gasteiger partial charge is 0.444 e. The van der Waals surface area contributed by atoms with Gasteiger partial charge in [0.1, 0.15) is 0 Å². The Morgan fingerprint density at radius 1 is 0.868 bits per heavy atom. The van der Waals surface area contributed by atoms with Gasteiger partial charge in [0.25, 0.3) is 11.4 Å². The van der Waals surface area contributed by atoms with Gasteiger partial charge in [-0.2, -0.15) is 0 Å². The number of amides is 2. The second-order valence-electron chi connectivity index (χ2n) is 7.50. The number of nitrogens with one attached hydrogen (secondary N) is 3. The third kappa shape index (κ3) is 7.35. The number of non-ortho nitro benzene ring substituents is 2. The quantitative estimate of drug-likeness (QED) is 0.104. The zero-order valence-electron chi connectivity index (χ0n) is 19.1. The number of benzene rings is 2. The van der Waals surface area contributed by atoms with Gasteiger partial charge in [0.15, 0.2) is 0 Å². The van der Waals surface area contributed by atoms with Crippen LogP contribution < -0.4 is 16.0 Å². The molecule has 2 aromatic rings. The molecule has 0 unspecified atom stereocenters. The second kappa shape index (κ2) is 12.1. The summed E-state index contributed by atoms with van der Waals surface area (Å²) in [7, 11) is 0. The standard InChI is InChI=1S/C21H18N6O11/c28-16-10-22-9-15(16)23-19(24-20(31)37-17(29)11-1-5-13(6-2-11)26(33)34)25-21(32)38-18(30)12-3-7-14(8-4-12)27(35)36/h1-8,15-16,22,28H,9-10H2,(H2,23,24,25,31,32)/t15-,16-/m1/s1. The number of nitro benzene ring substituents is 2. The summed E-state index contributed by atoms with van der Waals surface area (Å²) in [6, 6.07) is 7.55. The van der Waals surface area contributed by atoms with E-state index in [-0.39, 0.29) is 35.6 Å². The van der Waals surface area contributed by atoms with Gasteiger partial charge in [-0.05, 0) is 24.3 Å². The maximum atomic E-state index is 12.2. The number of β-amino-alcohol motifs (C(OH)–C–C–N with tert-alkyl or cyclic N) is 1. The molecule has 3 rings (SSSR count). The Balaban J connectivity index is 1.68. The first-order chi connectivity index (χ1) is 18.0. The summed E-state index contributed by atoms with van der Waals surface area (Å²) in [6.07, 6.45) is -3.90. The van der Waals surface area contributed by atoms with E-state index in [0.717, 1.165) is 48.5 Å². The van der Waals surface area contributed by atoms with Gasteiger partial charge >= 0.3 is 24.1 Å². The number of nitrogens with zero attached hydrogens (tertiary/aromatic N) is 3. The first kappa shape index (κ1) is 27.3. The van der Waals surface area contributed by atoms with Crippen molar-refractivity contribution in [1.29, 1.82) is 0 Å². The molecule has 17 heteroatoms. The van der Waals surface area contributed by atoms with E-state index in [9.17, 15) is 44.5 Å². The zero-order valence-corrected chi connectivity index (χ0v) is 19.1. The maximum absolute atomic E-state index is 12.2. The third-order valence-corrected chi connectivity index (χ3v) is 4.92. The number of hydrogen-bond acceptors (Lipinski definition) is 12. The molecule has 4 N–H and O–H groups in total. The van der Waals surface area contributed by atoms with Crippen molar-refractivity contribution >= 4 is 41.5 Å². The van der Waals surface area contributed by atoms with Gasteiger partial charge in [-0.1, -0.05) is 0 Å². The van der Waals surface area contributed by atoms with E-state index in [2.05, 4.69) is 25.1 Å².